The van der Waals surface area contributed by atoms with Crippen molar-refractivity contribution in [3.8, 4) is 5.75 Å². The van der Waals surface area contributed by atoms with Crippen LogP contribution in [0.4, 0.5) is 0 Å². The number of hydrogen-bond donors (Lipinski definition) is 2. The average Bonchev–Trinajstić information content (AvgIpc) is 2.28. The fraction of sp³-hybridized carbons (Fsp3) is 0.571. The second-order valence-electron chi connectivity index (χ2n) is 4.31. The fourth-order valence-corrected chi connectivity index (χ4v) is 1.84. The Bertz CT molecular complexity index is 297. The monoisotopic (exact) mass is 222 g/mol. The molecule has 0 saturated heterocycles. The Morgan fingerprint density at radius 3 is 2.56 bits per heavy atom. The molecule has 0 spiro atoms. The first-order valence-corrected chi connectivity index (χ1v) is 6.21. The lowest BCUT2D eigenvalue weighted by molar-refractivity contribution is 0.163. The van der Waals surface area contributed by atoms with Gasteiger partial charge in [0.05, 0.1) is 6.10 Å². The lowest BCUT2D eigenvalue weighted by Gasteiger charge is -2.10. The van der Waals surface area contributed by atoms with Crippen LogP contribution >= 0.6 is 0 Å². The minimum Gasteiger partial charge on any atom is -0.508 e. The normalized spacial score (nSPS) is 12.6. The molecule has 2 heteroatoms. The van der Waals surface area contributed by atoms with Gasteiger partial charge in [-0.25, -0.2) is 0 Å². The second kappa shape index (κ2) is 7.29. The quantitative estimate of drug-likeness (QED) is 0.689. The van der Waals surface area contributed by atoms with Crippen molar-refractivity contribution in [2.75, 3.05) is 0 Å². The SMILES string of the molecule is CCCCCCCC(O)c1cccc(O)c1. The zero-order valence-corrected chi connectivity index (χ0v) is 10.0. The molecule has 1 aromatic rings. The molecule has 0 aliphatic heterocycles. The molecule has 0 heterocycles. The molecule has 90 valence electrons. The lowest BCUT2D eigenvalue weighted by Crippen LogP contribution is -1.97. The molecule has 1 rings (SSSR count). The maximum absolute atomic E-state index is 9.89. The number of unbranched alkanes of at least 4 members (excludes halogenated alkanes) is 4. The number of rotatable bonds is 7. The van der Waals surface area contributed by atoms with Gasteiger partial charge >= 0.3 is 0 Å². The molecule has 1 atom stereocenters. The van der Waals surface area contributed by atoms with E-state index in [4.69, 9.17) is 0 Å². The van der Waals surface area contributed by atoms with Crippen LogP contribution in [-0.4, -0.2) is 10.2 Å². The molecule has 0 fully saturated rings. The number of aliphatic hydroxyl groups excluding tert-OH is 1. The maximum atomic E-state index is 9.89. The van der Waals surface area contributed by atoms with E-state index in [1.165, 1.54) is 25.7 Å². The number of phenolic OH excluding ortho intramolecular Hbond substituents is 1. The van der Waals surface area contributed by atoms with E-state index < -0.39 is 6.10 Å². The van der Waals surface area contributed by atoms with Crippen LogP contribution in [0, 0.1) is 0 Å². The van der Waals surface area contributed by atoms with Crippen molar-refractivity contribution in [2.24, 2.45) is 0 Å². The highest BCUT2D eigenvalue weighted by Gasteiger charge is 2.07. The molecule has 0 bridgehead atoms. The zero-order chi connectivity index (χ0) is 11.8. The number of aromatic hydroxyl groups is 1. The molecule has 0 aliphatic rings. The zero-order valence-electron chi connectivity index (χ0n) is 10.0. The standard InChI is InChI=1S/C14H22O2/c1-2-3-4-5-6-10-14(16)12-8-7-9-13(15)11-12/h7-9,11,14-16H,2-6,10H2,1H3. The first kappa shape index (κ1) is 13.0. The van der Waals surface area contributed by atoms with Gasteiger partial charge in [-0.15, -0.1) is 0 Å². The van der Waals surface area contributed by atoms with E-state index in [0.29, 0.717) is 0 Å². The Balaban J connectivity index is 2.27. The highest BCUT2D eigenvalue weighted by Crippen LogP contribution is 2.22. The van der Waals surface area contributed by atoms with Gasteiger partial charge in [0.25, 0.3) is 0 Å². The van der Waals surface area contributed by atoms with Gasteiger partial charge in [-0.3, -0.25) is 0 Å². The molecule has 0 radical (unpaired) electrons. The van der Waals surface area contributed by atoms with Crippen LogP contribution in [0.3, 0.4) is 0 Å². The molecule has 2 nitrogen and oxygen atoms in total. The van der Waals surface area contributed by atoms with Crippen molar-refractivity contribution < 1.29 is 10.2 Å². The molecule has 0 aromatic heterocycles. The lowest BCUT2D eigenvalue weighted by atomic mass is 10.0. The van der Waals surface area contributed by atoms with Crippen molar-refractivity contribution in [1.29, 1.82) is 0 Å². The summed E-state index contributed by atoms with van der Waals surface area (Å²) in [6.07, 6.45) is 6.36. The number of benzene rings is 1. The van der Waals surface area contributed by atoms with E-state index in [0.717, 1.165) is 18.4 Å². The van der Waals surface area contributed by atoms with E-state index in [1.807, 2.05) is 6.07 Å². The van der Waals surface area contributed by atoms with Gasteiger partial charge in [-0.1, -0.05) is 51.2 Å². The van der Waals surface area contributed by atoms with Gasteiger partial charge < -0.3 is 10.2 Å². The Labute approximate surface area is 97.9 Å². The molecular weight excluding hydrogens is 200 g/mol. The Kier molecular flexibility index (Phi) is 5.94. The molecule has 2 N–H and O–H groups in total. The summed E-state index contributed by atoms with van der Waals surface area (Å²) in [5, 5.41) is 19.2. The summed E-state index contributed by atoms with van der Waals surface area (Å²) in [4.78, 5) is 0. The predicted molar refractivity (Wildman–Crippen MR) is 66.4 cm³/mol. The molecule has 0 amide bonds. The Morgan fingerprint density at radius 1 is 1.12 bits per heavy atom. The first-order chi connectivity index (χ1) is 7.74. The van der Waals surface area contributed by atoms with Gasteiger partial charge in [0.1, 0.15) is 5.75 Å². The van der Waals surface area contributed by atoms with Crippen molar-refractivity contribution >= 4 is 0 Å². The van der Waals surface area contributed by atoms with Crippen LogP contribution < -0.4 is 0 Å². The number of phenols is 1. The highest BCUT2D eigenvalue weighted by molar-refractivity contribution is 5.28. The van der Waals surface area contributed by atoms with Gasteiger partial charge in [-0.05, 0) is 24.1 Å². The van der Waals surface area contributed by atoms with Gasteiger partial charge in [0.15, 0.2) is 0 Å². The van der Waals surface area contributed by atoms with Gasteiger partial charge in [0, 0.05) is 0 Å². The number of hydrogen-bond acceptors (Lipinski definition) is 2. The van der Waals surface area contributed by atoms with Crippen LogP contribution in [0.15, 0.2) is 24.3 Å². The number of aliphatic hydroxyl groups is 1. The van der Waals surface area contributed by atoms with Crippen molar-refractivity contribution in [3.05, 3.63) is 29.8 Å². The molecular formula is C14H22O2. The van der Waals surface area contributed by atoms with Crippen LogP contribution in [0.2, 0.25) is 0 Å². The van der Waals surface area contributed by atoms with Crippen molar-refractivity contribution in [2.45, 2.75) is 51.6 Å². The Morgan fingerprint density at radius 2 is 1.88 bits per heavy atom. The van der Waals surface area contributed by atoms with Gasteiger partial charge in [-0.2, -0.15) is 0 Å². The smallest absolute Gasteiger partial charge is 0.115 e. The molecule has 1 aromatic carbocycles. The third-order valence-corrected chi connectivity index (χ3v) is 2.84. The summed E-state index contributed by atoms with van der Waals surface area (Å²) in [7, 11) is 0. The molecule has 16 heavy (non-hydrogen) atoms. The summed E-state index contributed by atoms with van der Waals surface area (Å²) in [5.74, 6) is 0.225. The minimum atomic E-state index is -0.436. The minimum absolute atomic E-state index is 0.225. The molecule has 1 unspecified atom stereocenters. The summed E-state index contributed by atoms with van der Waals surface area (Å²) in [6, 6.07) is 6.88. The van der Waals surface area contributed by atoms with Crippen LogP contribution in [0.25, 0.3) is 0 Å². The van der Waals surface area contributed by atoms with Crippen LogP contribution in [0.5, 0.6) is 5.75 Å². The van der Waals surface area contributed by atoms with Gasteiger partial charge in [0.2, 0.25) is 0 Å². The van der Waals surface area contributed by atoms with E-state index in [1.54, 1.807) is 18.2 Å². The first-order valence-electron chi connectivity index (χ1n) is 6.21. The highest BCUT2D eigenvalue weighted by atomic mass is 16.3. The van der Waals surface area contributed by atoms with E-state index >= 15 is 0 Å². The van der Waals surface area contributed by atoms with E-state index in [2.05, 4.69) is 6.92 Å². The topological polar surface area (TPSA) is 40.5 Å². The Hall–Kier alpha value is -1.02. The summed E-state index contributed by atoms with van der Waals surface area (Å²) >= 11 is 0. The van der Waals surface area contributed by atoms with Crippen LogP contribution in [-0.2, 0) is 0 Å². The average molecular weight is 222 g/mol. The third kappa shape index (κ3) is 4.67. The van der Waals surface area contributed by atoms with E-state index in [-0.39, 0.29) is 5.75 Å². The maximum Gasteiger partial charge on any atom is 0.115 e. The third-order valence-electron chi connectivity index (χ3n) is 2.84. The summed E-state index contributed by atoms with van der Waals surface area (Å²) < 4.78 is 0. The molecule has 0 aliphatic carbocycles. The summed E-state index contributed by atoms with van der Waals surface area (Å²) in [5.41, 5.74) is 0.815. The summed E-state index contributed by atoms with van der Waals surface area (Å²) in [6.45, 7) is 2.20. The largest absolute Gasteiger partial charge is 0.508 e. The van der Waals surface area contributed by atoms with Crippen molar-refractivity contribution in [1.82, 2.24) is 0 Å². The second-order valence-corrected chi connectivity index (χ2v) is 4.31. The predicted octanol–water partition coefficient (Wildman–Crippen LogP) is 3.79. The van der Waals surface area contributed by atoms with E-state index in [9.17, 15) is 10.2 Å². The van der Waals surface area contributed by atoms with Crippen molar-refractivity contribution in [3.63, 3.8) is 0 Å². The fourth-order valence-electron chi connectivity index (χ4n) is 1.84. The molecule has 0 saturated carbocycles. The van der Waals surface area contributed by atoms with Crippen LogP contribution in [0.1, 0.15) is 57.1 Å².